The molecule has 162 valence electrons. The summed E-state index contributed by atoms with van der Waals surface area (Å²) in [4.78, 5) is 4.28. The predicted octanol–water partition coefficient (Wildman–Crippen LogP) is 5.26. The van der Waals surface area contributed by atoms with Gasteiger partial charge in [0.05, 0.1) is 17.3 Å². The van der Waals surface area contributed by atoms with E-state index in [2.05, 4.69) is 32.3 Å². The number of halogens is 4. The van der Waals surface area contributed by atoms with Gasteiger partial charge in [-0.1, -0.05) is 17.9 Å². The Morgan fingerprint density at radius 3 is 2.72 bits per heavy atom. The zero-order valence-corrected chi connectivity index (χ0v) is 17.0. The van der Waals surface area contributed by atoms with Crippen molar-refractivity contribution in [3.63, 3.8) is 0 Å². The van der Waals surface area contributed by atoms with Crippen molar-refractivity contribution < 1.29 is 17.6 Å². The maximum atomic E-state index is 14.8. The molecule has 0 unspecified atom stereocenters. The van der Waals surface area contributed by atoms with Crippen LogP contribution in [0.3, 0.4) is 0 Å². The fourth-order valence-corrected chi connectivity index (χ4v) is 3.48. The van der Waals surface area contributed by atoms with Gasteiger partial charge in [0.2, 0.25) is 6.43 Å². The van der Waals surface area contributed by atoms with Crippen LogP contribution in [0.1, 0.15) is 31.2 Å². The summed E-state index contributed by atoms with van der Waals surface area (Å²) < 4.78 is 56.3. The van der Waals surface area contributed by atoms with Crippen LogP contribution in [0.15, 0.2) is 36.4 Å². The molecule has 1 saturated carbocycles. The molecule has 0 radical (unpaired) electrons. The summed E-state index contributed by atoms with van der Waals surface area (Å²) in [6.07, 6.45) is -1.26. The average molecular weight is 439 g/mol. The summed E-state index contributed by atoms with van der Waals surface area (Å²) in [5.41, 5.74) is 1.06. The molecule has 32 heavy (non-hydrogen) atoms. The fraction of sp³-hybridized carbons (Fsp3) is 0.261. The van der Waals surface area contributed by atoms with Crippen molar-refractivity contribution in [2.24, 2.45) is 5.41 Å². The maximum absolute atomic E-state index is 14.8. The first-order valence-electron chi connectivity index (χ1n) is 10.0. The molecule has 0 amide bonds. The second kappa shape index (κ2) is 7.48. The van der Waals surface area contributed by atoms with Crippen LogP contribution in [0.25, 0.3) is 16.7 Å². The number of nitrogens with zero attached hydrogens (tertiary/aromatic N) is 4. The molecule has 1 aliphatic rings. The van der Waals surface area contributed by atoms with Crippen LogP contribution in [0.2, 0.25) is 0 Å². The molecule has 5 rings (SSSR count). The lowest BCUT2D eigenvalue weighted by atomic mass is 10.1. The van der Waals surface area contributed by atoms with Crippen LogP contribution in [0.4, 0.5) is 29.1 Å². The van der Waals surface area contributed by atoms with E-state index in [0.717, 1.165) is 12.8 Å². The van der Waals surface area contributed by atoms with Gasteiger partial charge in [-0.3, -0.25) is 4.40 Å². The van der Waals surface area contributed by atoms with E-state index in [4.69, 9.17) is 0 Å². The van der Waals surface area contributed by atoms with Crippen LogP contribution < -0.4 is 5.32 Å². The van der Waals surface area contributed by atoms with Gasteiger partial charge in [0.15, 0.2) is 0 Å². The first-order chi connectivity index (χ1) is 15.3. The normalized spacial score (nSPS) is 14.6. The largest absolute Gasteiger partial charge is 0.339 e. The van der Waals surface area contributed by atoms with Gasteiger partial charge in [-0.25, -0.2) is 17.6 Å². The number of hydrogen-bond acceptors (Lipinski definition) is 4. The third-order valence-electron chi connectivity index (χ3n) is 5.40. The third-order valence-corrected chi connectivity index (χ3v) is 5.40. The van der Waals surface area contributed by atoms with E-state index >= 15 is 0 Å². The molecule has 5 nitrogen and oxygen atoms in total. The molecule has 4 aromatic rings. The van der Waals surface area contributed by atoms with Gasteiger partial charge in [-0.15, -0.1) is 10.2 Å². The highest BCUT2D eigenvalue weighted by Gasteiger charge is 2.35. The van der Waals surface area contributed by atoms with Gasteiger partial charge in [0.1, 0.15) is 23.3 Å². The van der Waals surface area contributed by atoms with Crippen LogP contribution in [-0.4, -0.2) is 26.0 Å². The van der Waals surface area contributed by atoms with Crippen molar-refractivity contribution in [2.45, 2.75) is 32.6 Å². The molecule has 1 aliphatic carbocycles. The Morgan fingerprint density at radius 2 is 1.97 bits per heavy atom. The van der Waals surface area contributed by atoms with E-state index in [1.807, 2.05) is 6.92 Å². The summed E-state index contributed by atoms with van der Waals surface area (Å²) in [6, 6.07) is 8.48. The highest BCUT2D eigenvalue weighted by molar-refractivity contribution is 5.93. The van der Waals surface area contributed by atoms with Crippen molar-refractivity contribution in [3.05, 3.63) is 59.4 Å². The van der Waals surface area contributed by atoms with Crippen molar-refractivity contribution in [1.82, 2.24) is 19.6 Å². The lowest BCUT2D eigenvalue weighted by molar-refractivity contribution is 0.146. The molecule has 0 aliphatic heterocycles. The Kier molecular flexibility index (Phi) is 4.73. The van der Waals surface area contributed by atoms with E-state index in [1.54, 1.807) is 12.1 Å². The van der Waals surface area contributed by atoms with Gasteiger partial charge < -0.3 is 5.32 Å². The second-order valence-corrected chi connectivity index (χ2v) is 8.11. The SMILES string of the molecule is CC1(C#Cc2cc(F)cc(Nc3nc4nnc(CC(F)F)n4c4cccc(F)c34)c2)CC1. The highest BCUT2D eigenvalue weighted by Crippen LogP contribution is 2.44. The summed E-state index contributed by atoms with van der Waals surface area (Å²) in [5, 5.41) is 10.6. The Morgan fingerprint density at radius 1 is 1.16 bits per heavy atom. The lowest BCUT2D eigenvalue weighted by Crippen LogP contribution is -2.06. The molecule has 2 aromatic heterocycles. The first-order valence-corrected chi connectivity index (χ1v) is 10.0. The molecule has 1 fully saturated rings. The third kappa shape index (κ3) is 3.84. The van der Waals surface area contributed by atoms with Crippen LogP contribution in [-0.2, 0) is 6.42 Å². The van der Waals surface area contributed by atoms with E-state index in [0.29, 0.717) is 11.3 Å². The standard InChI is InChI=1S/C23H17F4N5/c1-23(7-8-23)6-5-13-9-14(24)11-15(10-13)28-21-20-16(25)3-2-4-17(20)32-19(12-18(26)27)30-31-22(32)29-21/h2-4,9-11,18H,7-8,12H2,1H3,(H,28,29,31). The van der Waals surface area contributed by atoms with E-state index < -0.39 is 24.5 Å². The van der Waals surface area contributed by atoms with Crippen molar-refractivity contribution in [2.75, 3.05) is 5.32 Å². The van der Waals surface area contributed by atoms with Crippen molar-refractivity contribution in [1.29, 1.82) is 0 Å². The second-order valence-electron chi connectivity index (χ2n) is 8.11. The average Bonchev–Trinajstić information content (AvgIpc) is 3.34. The number of nitrogens with one attached hydrogen (secondary N) is 1. The quantitative estimate of drug-likeness (QED) is 0.348. The van der Waals surface area contributed by atoms with Crippen LogP contribution >= 0.6 is 0 Å². The van der Waals surface area contributed by atoms with Gasteiger partial charge in [-0.05, 0) is 50.1 Å². The molecule has 0 spiro atoms. The van der Waals surface area contributed by atoms with E-state index in [-0.39, 0.29) is 33.7 Å². The summed E-state index contributed by atoms with van der Waals surface area (Å²) >= 11 is 0. The van der Waals surface area contributed by atoms with Gasteiger partial charge in [0.25, 0.3) is 5.78 Å². The number of fused-ring (bicyclic) bond motifs is 3. The Balaban J connectivity index is 1.61. The summed E-state index contributed by atoms with van der Waals surface area (Å²) in [7, 11) is 0. The zero-order valence-electron chi connectivity index (χ0n) is 17.0. The van der Waals surface area contributed by atoms with E-state index in [9.17, 15) is 17.6 Å². The highest BCUT2D eigenvalue weighted by atomic mass is 19.3. The number of anilines is 2. The number of hydrogen-bond donors (Lipinski definition) is 1. The van der Waals surface area contributed by atoms with Crippen LogP contribution in [0.5, 0.6) is 0 Å². The minimum atomic E-state index is -2.64. The topological polar surface area (TPSA) is 55.1 Å². The summed E-state index contributed by atoms with van der Waals surface area (Å²) in [5.74, 6) is 5.08. The molecular formula is C23H17F4N5. The Hall–Kier alpha value is -3.67. The molecule has 0 atom stereocenters. The van der Waals surface area contributed by atoms with Crippen molar-refractivity contribution in [3.8, 4) is 11.8 Å². The predicted molar refractivity (Wildman–Crippen MR) is 112 cm³/mol. The molecule has 1 N–H and O–H groups in total. The molecular weight excluding hydrogens is 422 g/mol. The number of rotatable bonds is 4. The molecule has 0 saturated heterocycles. The minimum absolute atomic E-state index is 0.0184. The molecule has 0 bridgehead atoms. The number of benzene rings is 2. The Bertz CT molecular complexity index is 1410. The lowest BCUT2D eigenvalue weighted by Gasteiger charge is -2.12. The van der Waals surface area contributed by atoms with Crippen LogP contribution in [0, 0.1) is 28.9 Å². The van der Waals surface area contributed by atoms with Gasteiger partial charge in [0, 0.05) is 16.7 Å². The monoisotopic (exact) mass is 439 g/mol. The van der Waals surface area contributed by atoms with Crippen molar-refractivity contribution >= 4 is 28.2 Å². The fourth-order valence-electron chi connectivity index (χ4n) is 3.48. The number of alkyl halides is 2. The summed E-state index contributed by atoms with van der Waals surface area (Å²) in [6.45, 7) is 2.05. The Labute approximate surface area is 180 Å². The smallest absolute Gasteiger partial charge is 0.257 e. The molecule has 9 heteroatoms. The minimum Gasteiger partial charge on any atom is -0.339 e. The molecule has 2 aromatic carbocycles. The van der Waals surface area contributed by atoms with Gasteiger partial charge in [-0.2, -0.15) is 4.98 Å². The molecule has 2 heterocycles. The number of aromatic nitrogens is 4. The maximum Gasteiger partial charge on any atom is 0.257 e. The van der Waals surface area contributed by atoms with E-state index in [1.165, 1.54) is 28.7 Å². The first kappa shape index (κ1) is 20.2. The van der Waals surface area contributed by atoms with Gasteiger partial charge >= 0.3 is 0 Å². The zero-order chi connectivity index (χ0) is 22.5.